The van der Waals surface area contributed by atoms with Crippen LogP contribution in [0.5, 0.6) is 5.75 Å². The summed E-state index contributed by atoms with van der Waals surface area (Å²) in [6.07, 6.45) is -3.73. The van der Waals surface area contributed by atoms with Gasteiger partial charge in [-0.2, -0.15) is 13.2 Å². The fourth-order valence-corrected chi connectivity index (χ4v) is 2.59. The molecule has 26 heavy (non-hydrogen) atoms. The van der Waals surface area contributed by atoms with E-state index < -0.39 is 28.4 Å². The molecular formula is C17H17F4NO3S. The Hall–Kier alpha value is -2.13. The van der Waals surface area contributed by atoms with Crippen LogP contribution < -0.4 is 9.88 Å². The van der Waals surface area contributed by atoms with Crippen molar-refractivity contribution in [3.63, 3.8) is 0 Å². The number of thiol groups is 1. The maximum atomic E-state index is 13.0. The molecule has 0 amide bonds. The maximum Gasteiger partial charge on any atom is 0.420 e. The topological polar surface area (TPSA) is 69.4 Å². The molecule has 4 nitrogen and oxygen atoms in total. The highest BCUT2D eigenvalue weighted by molar-refractivity contribution is 7.69. The molecule has 9 heteroatoms. The zero-order valence-corrected chi connectivity index (χ0v) is 14.3. The standard InChI is InChI=1S/C17H14F4O.H3NO2S/c18-13-6-7-16(15(9-13)17(19,20)21)22-10-12-8-14(12)11-4-2-1-3-5-11;1-4(2)3/h1-7,9,12,14H,8,10H2;4H,(H2,1,2,3)/t12-,14-;/m1./s1. The van der Waals surface area contributed by atoms with Crippen LogP contribution in [-0.2, 0) is 17.1 Å². The SMILES string of the molecule is Fc1ccc(OC[C@H]2C[C@@H]2c2ccccc2)c(C(F)(F)F)c1.N[SH](=O)=O. The number of hydrogen-bond acceptors (Lipinski definition) is 3. The van der Waals surface area contributed by atoms with Crippen molar-refractivity contribution >= 4 is 10.9 Å². The van der Waals surface area contributed by atoms with Gasteiger partial charge in [-0.1, -0.05) is 30.3 Å². The third-order valence-electron chi connectivity index (χ3n) is 3.85. The molecule has 0 unspecified atom stereocenters. The fraction of sp³-hybridized carbons (Fsp3) is 0.294. The van der Waals surface area contributed by atoms with Gasteiger partial charge in [0.1, 0.15) is 17.1 Å². The summed E-state index contributed by atoms with van der Waals surface area (Å²) in [4.78, 5) is 0. The lowest BCUT2D eigenvalue weighted by atomic mass is 10.1. The average molecular weight is 391 g/mol. The molecule has 142 valence electrons. The Morgan fingerprint density at radius 3 is 2.31 bits per heavy atom. The van der Waals surface area contributed by atoms with Crippen LogP contribution in [0.25, 0.3) is 0 Å². The van der Waals surface area contributed by atoms with Crippen molar-refractivity contribution in [1.29, 1.82) is 0 Å². The van der Waals surface area contributed by atoms with Crippen LogP contribution in [0, 0.1) is 11.7 Å². The minimum Gasteiger partial charge on any atom is -0.493 e. The summed E-state index contributed by atoms with van der Waals surface area (Å²) in [6, 6.07) is 12.3. The Bertz CT molecular complexity index is 801. The number of hydrogen-bond donors (Lipinski definition) is 2. The molecule has 0 saturated heterocycles. The lowest BCUT2D eigenvalue weighted by Gasteiger charge is -2.14. The van der Waals surface area contributed by atoms with Gasteiger partial charge in [0.05, 0.1) is 6.61 Å². The van der Waals surface area contributed by atoms with Gasteiger partial charge in [-0.15, -0.1) is 0 Å². The van der Waals surface area contributed by atoms with Crippen molar-refractivity contribution < 1.29 is 30.7 Å². The normalized spacial score (nSPS) is 18.8. The van der Waals surface area contributed by atoms with E-state index in [2.05, 4.69) is 5.14 Å². The number of rotatable bonds is 4. The van der Waals surface area contributed by atoms with Crippen molar-refractivity contribution in [3.05, 3.63) is 65.5 Å². The zero-order chi connectivity index (χ0) is 19.3. The van der Waals surface area contributed by atoms with Crippen LogP contribution in [0.3, 0.4) is 0 Å². The Labute approximate surface area is 149 Å². The largest absolute Gasteiger partial charge is 0.493 e. The lowest BCUT2D eigenvalue weighted by molar-refractivity contribution is -0.139. The zero-order valence-electron chi connectivity index (χ0n) is 13.4. The van der Waals surface area contributed by atoms with Gasteiger partial charge in [0.2, 0.25) is 0 Å². The Kier molecular flexibility index (Phi) is 6.60. The molecule has 0 heterocycles. The van der Waals surface area contributed by atoms with E-state index in [1.54, 1.807) is 0 Å². The van der Waals surface area contributed by atoms with Gasteiger partial charge < -0.3 is 4.74 Å². The predicted octanol–water partition coefficient (Wildman–Crippen LogP) is 3.50. The van der Waals surface area contributed by atoms with E-state index in [-0.39, 0.29) is 18.3 Å². The first-order valence-electron chi connectivity index (χ1n) is 7.62. The van der Waals surface area contributed by atoms with Crippen LogP contribution in [0.4, 0.5) is 17.6 Å². The number of benzene rings is 2. The molecule has 0 bridgehead atoms. The van der Waals surface area contributed by atoms with E-state index in [1.165, 1.54) is 5.56 Å². The number of nitrogens with two attached hydrogens (primary N) is 1. The Balaban J connectivity index is 0.000000552. The molecule has 2 aromatic carbocycles. The van der Waals surface area contributed by atoms with Gasteiger partial charge in [-0.05, 0) is 36.1 Å². The van der Waals surface area contributed by atoms with Crippen LogP contribution in [0.2, 0.25) is 0 Å². The molecular weight excluding hydrogens is 374 g/mol. The highest BCUT2D eigenvalue weighted by atomic mass is 32.2. The van der Waals surface area contributed by atoms with Gasteiger partial charge >= 0.3 is 6.18 Å². The van der Waals surface area contributed by atoms with E-state index in [0.717, 1.165) is 18.6 Å². The Morgan fingerprint density at radius 1 is 1.12 bits per heavy atom. The summed E-state index contributed by atoms with van der Waals surface area (Å²) >= 11 is 0. The summed E-state index contributed by atoms with van der Waals surface area (Å²) in [5.74, 6) is -0.703. The van der Waals surface area contributed by atoms with E-state index >= 15 is 0 Å². The molecule has 3 rings (SSSR count). The predicted molar refractivity (Wildman–Crippen MR) is 88.7 cm³/mol. The van der Waals surface area contributed by atoms with E-state index in [9.17, 15) is 17.6 Å². The lowest BCUT2D eigenvalue weighted by Crippen LogP contribution is -2.11. The second-order valence-electron chi connectivity index (χ2n) is 5.75. The average Bonchev–Trinajstić information content (AvgIpc) is 3.33. The highest BCUT2D eigenvalue weighted by Crippen LogP contribution is 2.48. The number of alkyl halides is 3. The van der Waals surface area contributed by atoms with Gasteiger partial charge in [0.15, 0.2) is 10.9 Å². The second-order valence-corrected chi connectivity index (χ2v) is 6.32. The van der Waals surface area contributed by atoms with Gasteiger partial charge in [0.25, 0.3) is 0 Å². The number of ether oxygens (including phenoxy) is 1. The highest BCUT2D eigenvalue weighted by Gasteiger charge is 2.40. The summed E-state index contributed by atoms with van der Waals surface area (Å²) in [6.45, 7) is 0.203. The molecule has 1 aliphatic carbocycles. The third-order valence-corrected chi connectivity index (χ3v) is 3.85. The quantitative estimate of drug-likeness (QED) is 0.619. The second kappa shape index (κ2) is 8.50. The van der Waals surface area contributed by atoms with Crippen molar-refractivity contribution in [1.82, 2.24) is 0 Å². The van der Waals surface area contributed by atoms with E-state index in [4.69, 9.17) is 13.2 Å². The molecule has 2 N–H and O–H groups in total. The number of halogens is 4. The summed E-state index contributed by atoms with van der Waals surface area (Å²) < 4.78 is 74.5. The third kappa shape index (κ3) is 5.99. The molecule has 0 radical (unpaired) electrons. The van der Waals surface area contributed by atoms with Gasteiger partial charge in [-0.25, -0.2) is 17.9 Å². The van der Waals surface area contributed by atoms with Crippen LogP contribution >= 0.6 is 0 Å². The van der Waals surface area contributed by atoms with E-state index in [0.29, 0.717) is 12.0 Å². The summed E-state index contributed by atoms with van der Waals surface area (Å²) in [5, 5.41) is 4.06. The fourth-order valence-electron chi connectivity index (χ4n) is 2.59. The van der Waals surface area contributed by atoms with Gasteiger partial charge in [-0.3, -0.25) is 0 Å². The summed E-state index contributed by atoms with van der Waals surface area (Å²) in [5.41, 5.74) is 0.107. The summed E-state index contributed by atoms with van der Waals surface area (Å²) in [7, 11) is -2.62. The first-order valence-corrected chi connectivity index (χ1v) is 8.86. The maximum absolute atomic E-state index is 13.0. The van der Waals surface area contributed by atoms with Crippen LogP contribution in [0.15, 0.2) is 48.5 Å². The van der Waals surface area contributed by atoms with Crippen molar-refractivity contribution in [3.8, 4) is 5.75 Å². The molecule has 1 aliphatic rings. The van der Waals surface area contributed by atoms with Crippen molar-refractivity contribution in [2.45, 2.75) is 18.5 Å². The smallest absolute Gasteiger partial charge is 0.420 e. The minimum absolute atomic E-state index is 0.202. The van der Waals surface area contributed by atoms with Crippen molar-refractivity contribution in [2.24, 2.45) is 11.1 Å². The molecule has 0 aromatic heterocycles. The van der Waals surface area contributed by atoms with Gasteiger partial charge in [0, 0.05) is 5.92 Å². The molecule has 1 fully saturated rings. The first-order chi connectivity index (χ1) is 12.2. The minimum atomic E-state index is -4.63. The molecule has 1 saturated carbocycles. The van der Waals surface area contributed by atoms with Crippen molar-refractivity contribution in [2.75, 3.05) is 6.61 Å². The molecule has 0 aliphatic heterocycles. The Morgan fingerprint density at radius 2 is 1.73 bits per heavy atom. The molecule has 2 atom stereocenters. The van der Waals surface area contributed by atoms with Crippen LogP contribution in [0.1, 0.15) is 23.5 Å². The van der Waals surface area contributed by atoms with Crippen LogP contribution in [-0.4, -0.2) is 15.0 Å². The molecule has 2 aromatic rings. The molecule has 0 spiro atoms. The van der Waals surface area contributed by atoms with E-state index in [1.807, 2.05) is 30.3 Å². The monoisotopic (exact) mass is 391 g/mol. The first kappa shape index (κ1) is 20.2.